The highest BCUT2D eigenvalue weighted by molar-refractivity contribution is 5.91. The number of carbonyl (C=O) groups excluding carboxylic acids is 1. The van der Waals surface area contributed by atoms with Crippen molar-refractivity contribution in [1.29, 1.82) is 0 Å². The molecule has 0 saturated carbocycles. The molecule has 0 spiro atoms. The highest BCUT2D eigenvalue weighted by Gasteiger charge is 2.36. The summed E-state index contributed by atoms with van der Waals surface area (Å²) in [6.45, 7) is 6.41. The average Bonchev–Trinajstić information content (AvgIpc) is 3.12. The maximum absolute atomic E-state index is 12.8. The van der Waals surface area contributed by atoms with Crippen LogP contribution in [0.15, 0.2) is 18.2 Å². The van der Waals surface area contributed by atoms with E-state index in [4.69, 9.17) is 14.2 Å². The van der Waals surface area contributed by atoms with Crippen molar-refractivity contribution in [2.45, 2.75) is 45.4 Å². The van der Waals surface area contributed by atoms with E-state index >= 15 is 0 Å². The van der Waals surface area contributed by atoms with Crippen molar-refractivity contribution in [1.82, 2.24) is 4.90 Å². The maximum Gasteiger partial charge on any atom is 0.322 e. The second kappa shape index (κ2) is 7.85. The van der Waals surface area contributed by atoms with Crippen LogP contribution in [0.1, 0.15) is 31.7 Å². The minimum absolute atomic E-state index is 0.0257. The summed E-state index contributed by atoms with van der Waals surface area (Å²) in [4.78, 5) is 14.7. The van der Waals surface area contributed by atoms with Gasteiger partial charge in [0.2, 0.25) is 0 Å². The van der Waals surface area contributed by atoms with Crippen LogP contribution in [0.5, 0.6) is 5.75 Å². The number of benzene rings is 1. The minimum Gasteiger partial charge on any atom is -0.492 e. The van der Waals surface area contributed by atoms with Gasteiger partial charge >= 0.3 is 6.03 Å². The lowest BCUT2D eigenvalue weighted by atomic mass is 10.0. The van der Waals surface area contributed by atoms with Crippen LogP contribution in [0, 0.1) is 6.92 Å². The molecule has 1 atom stereocenters. The Balaban J connectivity index is 1.73. The lowest BCUT2D eigenvalue weighted by molar-refractivity contribution is -0.0973. The van der Waals surface area contributed by atoms with Crippen LogP contribution in [-0.4, -0.2) is 49.6 Å². The van der Waals surface area contributed by atoms with Gasteiger partial charge in [0.25, 0.3) is 0 Å². The predicted octanol–water partition coefficient (Wildman–Crippen LogP) is 3.15. The Kier molecular flexibility index (Phi) is 5.58. The van der Waals surface area contributed by atoms with Crippen molar-refractivity contribution in [2.75, 3.05) is 31.7 Å². The number of likely N-dealkylation sites (tertiary alicyclic amines) is 1. The molecular formula is C18H26N2O4. The third-order valence-electron chi connectivity index (χ3n) is 4.45. The molecule has 6 nitrogen and oxygen atoms in total. The number of nitrogens with one attached hydrogen (secondary N) is 1. The zero-order chi connectivity index (χ0) is 16.9. The molecule has 2 aliphatic rings. The molecule has 1 unspecified atom stereocenters. The zero-order valence-electron chi connectivity index (χ0n) is 14.4. The van der Waals surface area contributed by atoms with Crippen LogP contribution in [0.25, 0.3) is 0 Å². The molecule has 0 radical (unpaired) electrons. The number of rotatable bonds is 4. The molecule has 2 fully saturated rings. The van der Waals surface area contributed by atoms with Gasteiger partial charge in [-0.3, -0.25) is 0 Å². The molecule has 3 rings (SSSR count). The molecule has 0 bridgehead atoms. The van der Waals surface area contributed by atoms with Crippen LogP contribution in [0.3, 0.4) is 0 Å². The molecule has 2 heterocycles. The molecule has 2 aliphatic heterocycles. The van der Waals surface area contributed by atoms with Crippen molar-refractivity contribution in [3.05, 3.63) is 23.8 Å². The Morgan fingerprint density at radius 2 is 2.12 bits per heavy atom. The van der Waals surface area contributed by atoms with Gasteiger partial charge in [-0.15, -0.1) is 0 Å². The molecule has 2 saturated heterocycles. The van der Waals surface area contributed by atoms with Gasteiger partial charge in [-0.1, -0.05) is 6.07 Å². The van der Waals surface area contributed by atoms with Crippen molar-refractivity contribution in [2.24, 2.45) is 0 Å². The first kappa shape index (κ1) is 17.0. The SMILES string of the molecule is CCOc1cc(C)ccc1NC(=O)N1CCCCC1C1OCCO1. The Bertz CT molecular complexity index is 572. The molecule has 1 aromatic carbocycles. The van der Waals surface area contributed by atoms with E-state index in [9.17, 15) is 4.79 Å². The molecular weight excluding hydrogens is 308 g/mol. The van der Waals surface area contributed by atoms with Gasteiger partial charge in [-0.2, -0.15) is 0 Å². The first-order valence-corrected chi connectivity index (χ1v) is 8.73. The lowest BCUT2D eigenvalue weighted by Gasteiger charge is -2.37. The summed E-state index contributed by atoms with van der Waals surface area (Å²) in [6, 6.07) is 5.65. The van der Waals surface area contributed by atoms with E-state index < -0.39 is 0 Å². The van der Waals surface area contributed by atoms with E-state index in [1.54, 1.807) is 0 Å². The standard InChI is InChI=1S/C18H26N2O4/c1-3-22-16-12-13(2)7-8-14(16)19-18(21)20-9-5-4-6-15(20)17-23-10-11-24-17/h7-8,12,15,17H,3-6,9-11H2,1-2H3,(H,19,21). The highest BCUT2D eigenvalue weighted by Crippen LogP contribution is 2.29. The monoisotopic (exact) mass is 334 g/mol. The van der Waals surface area contributed by atoms with E-state index in [2.05, 4.69) is 5.32 Å². The lowest BCUT2D eigenvalue weighted by Crippen LogP contribution is -2.51. The van der Waals surface area contributed by atoms with Gasteiger partial charge in [0, 0.05) is 6.54 Å². The number of hydrogen-bond donors (Lipinski definition) is 1. The quantitative estimate of drug-likeness (QED) is 0.919. The van der Waals surface area contributed by atoms with Crippen molar-refractivity contribution < 1.29 is 19.0 Å². The zero-order valence-corrected chi connectivity index (χ0v) is 14.4. The Labute approximate surface area is 143 Å². The van der Waals surface area contributed by atoms with Crippen LogP contribution in [0.2, 0.25) is 0 Å². The number of hydrogen-bond acceptors (Lipinski definition) is 4. The van der Waals surface area contributed by atoms with Crippen LogP contribution in [0.4, 0.5) is 10.5 Å². The summed E-state index contributed by atoms with van der Waals surface area (Å²) >= 11 is 0. The van der Waals surface area contributed by atoms with Gasteiger partial charge in [-0.25, -0.2) is 4.79 Å². The van der Waals surface area contributed by atoms with Crippen molar-refractivity contribution in [3.63, 3.8) is 0 Å². The topological polar surface area (TPSA) is 60.0 Å². The summed E-state index contributed by atoms with van der Waals surface area (Å²) in [5, 5.41) is 3.00. The third kappa shape index (κ3) is 3.82. The van der Waals surface area contributed by atoms with E-state index in [-0.39, 0.29) is 18.4 Å². The summed E-state index contributed by atoms with van der Waals surface area (Å²) in [5.74, 6) is 0.702. The fraction of sp³-hybridized carbons (Fsp3) is 0.611. The second-order valence-electron chi connectivity index (χ2n) is 6.23. The molecule has 2 amide bonds. The van der Waals surface area contributed by atoms with Crippen LogP contribution < -0.4 is 10.1 Å². The summed E-state index contributed by atoms with van der Waals surface area (Å²) in [7, 11) is 0. The first-order chi connectivity index (χ1) is 11.7. The number of ether oxygens (including phenoxy) is 3. The van der Waals surface area contributed by atoms with E-state index in [1.165, 1.54) is 0 Å². The van der Waals surface area contributed by atoms with Gasteiger partial charge in [-0.05, 0) is 50.8 Å². The number of urea groups is 1. The number of amides is 2. The fourth-order valence-electron chi connectivity index (χ4n) is 3.29. The highest BCUT2D eigenvalue weighted by atomic mass is 16.7. The normalized spacial score (nSPS) is 21.8. The number of carbonyl (C=O) groups is 1. The predicted molar refractivity (Wildman–Crippen MR) is 91.4 cm³/mol. The summed E-state index contributed by atoms with van der Waals surface area (Å²) in [6.07, 6.45) is 2.69. The third-order valence-corrected chi connectivity index (χ3v) is 4.45. The summed E-state index contributed by atoms with van der Waals surface area (Å²) < 4.78 is 16.9. The molecule has 24 heavy (non-hydrogen) atoms. The molecule has 0 aromatic heterocycles. The maximum atomic E-state index is 12.8. The minimum atomic E-state index is -0.305. The van der Waals surface area contributed by atoms with Crippen molar-refractivity contribution >= 4 is 11.7 Å². The summed E-state index contributed by atoms with van der Waals surface area (Å²) in [5.41, 5.74) is 1.80. The number of nitrogens with zero attached hydrogens (tertiary/aromatic N) is 1. The average molecular weight is 334 g/mol. The molecule has 1 aromatic rings. The Morgan fingerprint density at radius 1 is 1.33 bits per heavy atom. The Hall–Kier alpha value is -1.79. The van der Waals surface area contributed by atoms with Crippen LogP contribution >= 0.6 is 0 Å². The van der Waals surface area contributed by atoms with Crippen LogP contribution in [-0.2, 0) is 9.47 Å². The van der Waals surface area contributed by atoms with E-state index in [1.807, 2.05) is 36.9 Å². The molecule has 1 N–H and O–H groups in total. The van der Waals surface area contributed by atoms with Gasteiger partial charge in [0.15, 0.2) is 6.29 Å². The Morgan fingerprint density at radius 3 is 2.88 bits per heavy atom. The van der Waals surface area contributed by atoms with Gasteiger partial charge in [0.05, 0.1) is 31.5 Å². The number of aryl methyl sites for hydroxylation is 1. The van der Waals surface area contributed by atoms with Gasteiger partial charge < -0.3 is 24.4 Å². The smallest absolute Gasteiger partial charge is 0.322 e. The first-order valence-electron chi connectivity index (χ1n) is 8.73. The van der Waals surface area contributed by atoms with E-state index in [0.717, 1.165) is 31.4 Å². The fourth-order valence-corrected chi connectivity index (χ4v) is 3.29. The van der Waals surface area contributed by atoms with Gasteiger partial charge in [0.1, 0.15) is 5.75 Å². The largest absolute Gasteiger partial charge is 0.492 e. The van der Waals surface area contributed by atoms with Crippen molar-refractivity contribution in [3.8, 4) is 5.75 Å². The molecule has 6 heteroatoms. The molecule has 0 aliphatic carbocycles. The second-order valence-corrected chi connectivity index (χ2v) is 6.23. The molecule has 132 valence electrons. The van der Waals surface area contributed by atoms with E-state index in [0.29, 0.717) is 31.3 Å². The number of anilines is 1. The number of piperidine rings is 1.